The minimum Gasteiger partial charge on any atom is -0.399 e. The fourth-order valence-corrected chi connectivity index (χ4v) is 2.52. The number of aryl methyl sites for hydroxylation is 3. The van der Waals surface area contributed by atoms with Crippen molar-refractivity contribution in [1.29, 1.82) is 0 Å². The molecule has 1 aromatic carbocycles. The van der Waals surface area contributed by atoms with Gasteiger partial charge in [0.1, 0.15) is 11.3 Å². The molecule has 0 spiro atoms. The highest BCUT2D eigenvalue weighted by atomic mass is 15.1. The van der Waals surface area contributed by atoms with Gasteiger partial charge in [0.05, 0.1) is 6.54 Å². The first-order valence-electron chi connectivity index (χ1n) is 7.26. The van der Waals surface area contributed by atoms with Crippen LogP contribution in [0.4, 0.5) is 5.69 Å². The Kier molecular flexibility index (Phi) is 3.37. The van der Waals surface area contributed by atoms with Crippen LogP contribution in [0.25, 0.3) is 11.2 Å². The van der Waals surface area contributed by atoms with Crippen LogP contribution in [0.5, 0.6) is 0 Å². The summed E-state index contributed by atoms with van der Waals surface area (Å²) in [5.41, 5.74) is 11.9. The van der Waals surface area contributed by atoms with Crippen molar-refractivity contribution in [2.45, 2.75) is 33.7 Å². The Hall–Kier alpha value is -2.36. The quantitative estimate of drug-likeness (QED) is 0.749. The maximum Gasteiger partial charge on any atom is 0.160 e. The molecule has 0 saturated heterocycles. The van der Waals surface area contributed by atoms with Gasteiger partial charge in [0.15, 0.2) is 5.65 Å². The van der Waals surface area contributed by atoms with Gasteiger partial charge < -0.3 is 10.3 Å². The molecule has 3 aromatic rings. The van der Waals surface area contributed by atoms with Crippen molar-refractivity contribution < 1.29 is 0 Å². The van der Waals surface area contributed by atoms with E-state index in [-0.39, 0.29) is 0 Å². The molecule has 2 heterocycles. The van der Waals surface area contributed by atoms with E-state index in [2.05, 4.69) is 36.6 Å². The molecule has 21 heavy (non-hydrogen) atoms. The van der Waals surface area contributed by atoms with E-state index >= 15 is 0 Å². The number of hydrogen-bond acceptors (Lipinski definition) is 3. The molecule has 0 bridgehead atoms. The molecule has 0 aliphatic carbocycles. The van der Waals surface area contributed by atoms with Gasteiger partial charge in [-0.25, -0.2) is 9.97 Å². The lowest BCUT2D eigenvalue weighted by Crippen LogP contribution is -2.06. The monoisotopic (exact) mass is 280 g/mol. The minimum atomic E-state index is 0.773. The van der Waals surface area contributed by atoms with Gasteiger partial charge in [-0.1, -0.05) is 19.1 Å². The molecule has 4 heteroatoms. The van der Waals surface area contributed by atoms with Crippen LogP contribution < -0.4 is 5.73 Å². The van der Waals surface area contributed by atoms with Gasteiger partial charge in [0.2, 0.25) is 0 Å². The standard InChI is InChI=1S/C17H20N4/c1-4-16-20-15-9-11(2)12(3)19-17(15)21(16)10-13-5-7-14(18)8-6-13/h5-9H,4,10,18H2,1-3H3. The first-order valence-corrected chi connectivity index (χ1v) is 7.26. The Morgan fingerprint density at radius 2 is 1.81 bits per heavy atom. The molecule has 3 rings (SSSR count). The average molecular weight is 280 g/mol. The zero-order valence-corrected chi connectivity index (χ0v) is 12.7. The van der Waals surface area contributed by atoms with Crippen LogP contribution in [0.3, 0.4) is 0 Å². The van der Waals surface area contributed by atoms with E-state index < -0.39 is 0 Å². The van der Waals surface area contributed by atoms with E-state index in [1.54, 1.807) is 0 Å². The Balaban J connectivity index is 2.11. The molecule has 0 aliphatic rings. The molecule has 0 radical (unpaired) electrons. The summed E-state index contributed by atoms with van der Waals surface area (Å²) in [6.07, 6.45) is 0.892. The van der Waals surface area contributed by atoms with Crippen molar-refractivity contribution in [2.75, 3.05) is 5.73 Å². The van der Waals surface area contributed by atoms with Crippen molar-refractivity contribution in [3.63, 3.8) is 0 Å². The van der Waals surface area contributed by atoms with E-state index in [0.29, 0.717) is 0 Å². The predicted octanol–water partition coefficient (Wildman–Crippen LogP) is 3.24. The SMILES string of the molecule is CCc1nc2cc(C)c(C)nc2n1Cc1ccc(N)cc1. The number of rotatable bonds is 3. The predicted molar refractivity (Wildman–Crippen MR) is 86.3 cm³/mol. The fourth-order valence-electron chi connectivity index (χ4n) is 2.52. The van der Waals surface area contributed by atoms with Gasteiger partial charge in [-0.05, 0) is 43.2 Å². The highest BCUT2D eigenvalue weighted by Crippen LogP contribution is 2.20. The highest BCUT2D eigenvalue weighted by molar-refractivity contribution is 5.73. The topological polar surface area (TPSA) is 56.7 Å². The number of nitrogens with two attached hydrogens (primary N) is 1. The number of imidazole rings is 1. The summed E-state index contributed by atoms with van der Waals surface area (Å²) in [7, 11) is 0. The van der Waals surface area contributed by atoms with E-state index in [1.807, 2.05) is 19.1 Å². The molecule has 0 unspecified atom stereocenters. The van der Waals surface area contributed by atoms with Gasteiger partial charge in [-0.2, -0.15) is 0 Å². The second kappa shape index (κ2) is 5.20. The molecule has 0 fully saturated rings. The Morgan fingerprint density at radius 3 is 2.48 bits per heavy atom. The Labute approximate surface area is 124 Å². The van der Waals surface area contributed by atoms with Gasteiger partial charge in [0, 0.05) is 17.8 Å². The molecular weight excluding hydrogens is 260 g/mol. The summed E-state index contributed by atoms with van der Waals surface area (Å²) in [4.78, 5) is 9.46. The van der Waals surface area contributed by atoms with Crippen LogP contribution in [0.15, 0.2) is 30.3 Å². The second-order valence-corrected chi connectivity index (χ2v) is 5.44. The molecule has 0 aliphatic heterocycles. The largest absolute Gasteiger partial charge is 0.399 e. The smallest absolute Gasteiger partial charge is 0.160 e. The summed E-state index contributed by atoms with van der Waals surface area (Å²) in [5, 5.41) is 0. The summed E-state index contributed by atoms with van der Waals surface area (Å²) >= 11 is 0. The maximum atomic E-state index is 5.75. The third kappa shape index (κ3) is 2.49. The molecule has 4 nitrogen and oxygen atoms in total. The zero-order chi connectivity index (χ0) is 15.0. The third-order valence-corrected chi connectivity index (χ3v) is 3.88. The van der Waals surface area contributed by atoms with E-state index in [0.717, 1.165) is 41.3 Å². The van der Waals surface area contributed by atoms with Crippen molar-refractivity contribution in [3.8, 4) is 0 Å². The van der Waals surface area contributed by atoms with Crippen LogP contribution in [-0.4, -0.2) is 14.5 Å². The highest BCUT2D eigenvalue weighted by Gasteiger charge is 2.12. The number of fused-ring (bicyclic) bond motifs is 1. The Bertz CT molecular complexity index is 785. The van der Waals surface area contributed by atoms with Crippen molar-refractivity contribution in [3.05, 3.63) is 53.0 Å². The van der Waals surface area contributed by atoms with Gasteiger partial charge in [-0.3, -0.25) is 0 Å². The summed E-state index contributed by atoms with van der Waals surface area (Å²) in [5.74, 6) is 1.07. The van der Waals surface area contributed by atoms with Gasteiger partial charge in [-0.15, -0.1) is 0 Å². The molecular formula is C17H20N4. The summed E-state index contributed by atoms with van der Waals surface area (Å²) in [6.45, 7) is 7.02. The van der Waals surface area contributed by atoms with Crippen LogP contribution in [-0.2, 0) is 13.0 Å². The first-order chi connectivity index (χ1) is 10.1. The molecule has 2 N–H and O–H groups in total. The minimum absolute atomic E-state index is 0.773. The molecule has 0 atom stereocenters. The van der Waals surface area contributed by atoms with E-state index in [4.69, 9.17) is 15.7 Å². The van der Waals surface area contributed by atoms with Crippen molar-refractivity contribution >= 4 is 16.9 Å². The van der Waals surface area contributed by atoms with Gasteiger partial charge in [0.25, 0.3) is 0 Å². The maximum absolute atomic E-state index is 5.75. The summed E-state index contributed by atoms with van der Waals surface area (Å²) in [6, 6.07) is 10.1. The number of aromatic nitrogens is 3. The lowest BCUT2D eigenvalue weighted by molar-refractivity contribution is 0.745. The number of pyridine rings is 1. The fraction of sp³-hybridized carbons (Fsp3) is 0.294. The molecule has 2 aromatic heterocycles. The lowest BCUT2D eigenvalue weighted by atomic mass is 10.2. The zero-order valence-electron chi connectivity index (χ0n) is 12.7. The van der Waals surface area contributed by atoms with Crippen molar-refractivity contribution in [1.82, 2.24) is 14.5 Å². The summed E-state index contributed by atoms with van der Waals surface area (Å²) < 4.78 is 2.20. The lowest BCUT2D eigenvalue weighted by Gasteiger charge is -2.09. The van der Waals surface area contributed by atoms with Crippen LogP contribution in [0.2, 0.25) is 0 Å². The van der Waals surface area contributed by atoms with Crippen LogP contribution >= 0.6 is 0 Å². The van der Waals surface area contributed by atoms with E-state index in [9.17, 15) is 0 Å². The van der Waals surface area contributed by atoms with Crippen molar-refractivity contribution in [2.24, 2.45) is 0 Å². The normalized spacial score (nSPS) is 11.2. The van der Waals surface area contributed by atoms with Crippen LogP contribution in [0.1, 0.15) is 29.6 Å². The second-order valence-electron chi connectivity index (χ2n) is 5.44. The number of nitrogen functional groups attached to an aromatic ring is 1. The Morgan fingerprint density at radius 1 is 1.10 bits per heavy atom. The van der Waals surface area contributed by atoms with Gasteiger partial charge >= 0.3 is 0 Å². The van der Waals surface area contributed by atoms with Crippen LogP contribution in [0, 0.1) is 13.8 Å². The molecule has 0 saturated carbocycles. The number of anilines is 1. The third-order valence-electron chi connectivity index (χ3n) is 3.88. The number of nitrogens with zero attached hydrogens (tertiary/aromatic N) is 3. The first kappa shape index (κ1) is 13.6. The number of hydrogen-bond donors (Lipinski definition) is 1. The molecule has 0 amide bonds. The van der Waals surface area contributed by atoms with E-state index in [1.165, 1.54) is 11.1 Å². The number of benzene rings is 1. The average Bonchev–Trinajstić information content (AvgIpc) is 2.79. The molecule has 108 valence electrons.